The molecule has 2 aromatic rings. The molecule has 28 heavy (non-hydrogen) atoms. The summed E-state index contributed by atoms with van der Waals surface area (Å²) in [5.41, 5.74) is -2.47. The van der Waals surface area contributed by atoms with E-state index >= 15 is 0 Å². The minimum Gasteiger partial charge on any atom is -0.486 e. The Morgan fingerprint density at radius 1 is 1.21 bits per heavy atom. The number of nitrogens with zero attached hydrogens (tertiary/aromatic N) is 1. The topological polar surface area (TPSA) is 74.9 Å². The summed E-state index contributed by atoms with van der Waals surface area (Å²) >= 11 is 5.76. The molecule has 1 amide bonds. The first-order chi connectivity index (χ1) is 13.2. The number of hydrogen-bond acceptors (Lipinski definition) is 5. The van der Waals surface area contributed by atoms with Crippen LogP contribution in [0.25, 0.3) is 0 Å². The van der Waals surface area contributed by atoms with Crippen LogP contribution in [0.1, 0.15) is 16.3 Å². The summed E-state index contributed by atoms with van der Waals surface area (Å²) in [7, 11) is 0. The van der Waals surface area contributed by atoms with Gasteiger partial charge in [-0.1, -0.05) is 11.6 Å². The molecular formula is C17H13ClF4N2O4. The van der Waals surface area contributed by atoms with Gasteiger partial charge in [0.15, 0.2) is 5.76 Å². The molecule has 11 heteroatoms. The molecule has 1 aliphatic heterocycles. The van der Waals surface area contributed by atoms with Crippen LogP contribution in [-0.2, 0) is 6.61 Å². The third-order valence-electron chi connectivity index (χ3n) is 3.79. The van der Waals surface area contributed by atoms with Crippen molar-refractivity contribution in [3.8, 4) is 5.75 Å². The van der Waals surface area contributed by atoms with Crippen LogP contribution in [0.3, 0.4) is 0 Å². The zero-order valence-electron chi connectivity index (χ0n) is 13.9. The summed E-state index contributed by atoms with van der Waals surface area (Å²) < 4.78 is 62.6. The van der Waals surface area contributed by atoms with Crippen LogP contribution in [0.15, 0.2) is 52.6 Å². The highest BCUT2D eigenvalue weighted by Gasteiger charge is 2.51. The van der Waals surface area contributed by atoms with Gasteiger partial charge in [0.05, 0.1) is 5.70 Å². The molecule has 150 valence electrons. The second-order valence-corrected chi connectivity index (χ2v) is 6.18. The van der Waals surface area contributed by atoms with E-state index in [2.05, 4.69) is 0 Å². The maximum atomic E-state index is 13.2. The van der Waals surface area contributed by atoms with Crippen molar-refractivity contribution >= 4 is 17.5 Å². The van der Waals surface area contributed by atoms with Crippen molar-refractivity contribution in [2.75, 3.05) is 0 Å². The number of carbonyl (C=O) groups excluding carboxylic acids is 1. The number of allylic oxidation sites excluding steroid dienone is 1. The molecule has 0 aliphatic carbocycles. The Hall–Kier alpha value is -2.72. The fraction of sp³-hybridized carbons (Fsp3) is 0.235. The number of furan rings is 1. The molecule has 0 bridgehead atoms. The molecule has 0 spiro atoms. The van der Waals surface area contributed by atoms with Crippen LogP contribution in [0.4, 0.5) is 17.6 Å². The van der Waals surface area contributed by atoms with Gasteiger partial charge in [-0.2, -0.15) is 0 Å². The molecule has 6 nitrogen and oxygen atoms in total. The molecular weight excluding hydrogens is 408 g/mol. The molecule has 1 aliphatic rings. The standard InChI is InChI=1S/C17H13ClF4N2O4/c18-9-1-3-10(4-2-9)27-8-11-5-6-13(28-11)15(25)24-17(26,16(21)22)7-12(23-24)14(19)20/h1-7,14,16,23,26H,8H2. The Bertz CT molecular complexity index is 888. The van der Waals surface area contributed by atoms with Crippen molar-refractivity contribution in [1.82, 2.24) is 10.4 Å². The second kappa shape index (κ2) is 7.72. The number of aliphatic hydroxyl groups is 1. The van der Waals surface area contributed by atoms with Crippen molar-refractivity contribution in [3.63, 3.8) is 0 Å². The van der Waals surface area contributed by atoms with E-state index in [1.807, 2.05) is 0 Å². The van der Waals surface area contributed by atoms with Crippen molar-refractivity contribution in [2.24, 2.45) is 0 Å². The predicted molar refractivity (Wildman–Crippen MR) is 88.8 cm³/mol. The smallest absolute Gasteiger partial charge is 0.311 e. The minimum absolute atomic E-state index is 0.00181. The molecule has 1 aromatic heterocycles. The molecule has 1 aromatic carbocycles. The van der Waals surface area contributed by atoms with Gasteiger partial charge in [-0.3, -0.25) is 10.2 Å². The summed E-state index contributed by atoms with van der Waals surface area (Å²) in [5.74, 6) is -1.08. The van der Waals surface area contributed by atoms with Crippen LogP contribution < -0.4 is 10.2 Å². The lowest BCUT2D eigenvalue weighted by molar-refractivity contribution is -0.147. The van der Waals surface area contributed by atoms with E-state index in [0.29, 0.717) is 10.8 Å². The average molecular weight is 421 g/mol. The van der Waals surface area contributed by atoms with E-state index in [4.69, 9.17) is 20.8 Å². The first kappa shape index (κ1) is 20.0. The van der Waals surface area contributed by atoms with Crippen molar-refractivity contribution in [2.45, 2.75) is 25.2 Å². The molecule has 0 fully saturated rings. The van der Waals surface area contributed by atoms with Gasteiger partial charge in [0.1, 0.15) is 18.1 Å². The Balaban J connectivity index is 1.72. The summed E-state index contributed by atoms with van der Waals surface area (Å²) in [6.07, 6.45) is -6.53. The van der Waals surface area contributed by atoms with Gasteiger partial charge in [-0.15, -0.1) is 0 Å². The molecule has 1 unspecified atom stereocenters. The van der Waals surface area contributed by atoms with Gasteiger partial charge in [0.25, 0.3) is 12.9 Å². The molecule has 1 atom stereocenters. The van der Waals surface area contributed by atoms with Crippen LogP contribution in [-0.4, -0.2) is 34.6 Å². The number of ether oxygens (including phenoxy) is 1. The van der Waals surface area contributed by atoms with Gasteiger partial charge < -0.3 is 14.3 Å². The Morgan fingerprint density at radius 2 is 1.89 bits per heavy atom. The lowest BCUT2D eigenvalue weighted by Gasteiger charge is -2.30. The lowest BCUT2D eigenvalue weighted by atomic mass is 10.2. The second-order valence-electron chi connectivity index (χ2n) is 5.75. The first-order valence-corrected chi connectivity index (χ1v) is 8.18. The SMILES string of the molecule is O=C(c1ccc(COc2ccc(Cl)cc2)o1)N1NC(C(F)F)=CC1(O)C(F)F. The fourth-order valence-corrected chi connectivity index (χ4v) is 2.52. The number of benzene rings is 1. The zero-order valence-corrected chi connectivity index (χ0v) is 14.7. The summed E-state index contributed by atoms with van der Waals surface area (Å²) in [5, 5.41) is 10.5. The minimum atomic E-state index is -3.54. The first-order valence-electron chi connectivity index (χ1n) is 7.80. The number of halogens is 5. The van der Waals surface area contributed by atoms with E-state index in [1.165, 1.54) is 6.07 Å². The number of alkyl halides is 4. The zero-order chi connectivity index (χ0) is 20.5. The number of carbonyl (C=O) groups is 1. The largest absolute Gasteiger partial charge is 0.486 e. The number of rotatable bonds is 6. The predicted octanol–water partition coefficient (Wildman–Crippen LogP) is 3.58. The van der Waals surface area contributed by atoms with E-state index in [-0.39, 0.29) is 23.5 Å². The highest BCUT2D eigenvalue weighted by atomic mass is 35.5. The third kappa shape index (κ3) is 3.92. The Morgan fingerprint density at radius 3 is 2.50 bits per heavy atom. The maximum Gasteiger partial charge on any atom is 0.311 e. The summed E-state index contributed by atoms with van der Waals surface area (Å²) in [6.45, 7) is -0.0952. The monoisotopic (exact) mass is 420 g/mol. The van der Waals surface area contributed by atoms with Crippen LogP contribution in [0.2, 0.25) is 5.02 Å². The summed E-state index contributed by atoms with van der Waals surface area (Å²) in [4.78, 5) is 12.4. The molecule has 0 saturated heterocycles. The van der Waals surface area contributed by atoms with Crippen molar-refractivity contribution in [3.05, 3.63) is 64.7 Å². The Labute approximate surface area is 160 Å². The quantitative estimate of drug-likeness (QED) is 0.699. The number of amides is 1. The van der Waals surface area contributed by atoms with Crippen LogP contribution >= 0.6 is 11.6 Å². The van der Waals surface area contributed by atoms with Gasteiger partial charge in [0, 0.05) is 11.1 Å². The van der Waals surface area contributed by atoms with Gasteiger partial charge in [-0.05, 0) is 36.4 Å². The van der Waals surface area contributed by atoms with Gasteiger partial charge in [0.2, 0.25) is 5.72 Å². The average Bonchev–Trinajstić information content (AvgIpc) is 3.26. The Kier molecular flexibility index (Phi) is 5.52. The highest BCUT2D eigenvalue weighted by Crippen LogP contribution is 2.31. The van der Waals surface area contributed by atoms with Gasteiger partial charge >= 0.3 is 5.91 Å². The third-order valence-corrected chi connectivity index (χ3v) is 4.05. The molecule has 2 heterocycles. The van der Waals surface area contributed by atoms with E-state index < -0.39 is 35.9 Å². The van der Waals surface area contributed by atoms with Crippen molar-refractivity contribution < 1.29 is 36.6 Å². The number of hydrogen-bond donors (Lipinski definition) is 2. The van der Waals surface area contributed by atoms with E-state index in [0.717, 1.165) is 6.07 Å². The lowest BCUT2D eigenvalue weighted by Crippen LogP contribution is -2.56. The van der Waals surface area contributed by atoms with Crippen molar-refractivity contribution in [1.29, 1.82) is 0 Å². The molecule has 2 N–H and O–H groups in total. The normalized spacial score (nSPS) is 19.1. The number of hydrazine groups is 1. The van der Waals surface area contributed by atoms with E-state index in [9.17, 15) is 27.5 Å². The maximum absolute atomic E-state index is 13.2. The van der Waals surface area contributed by atoms with E-state index in [1.54, 1.807) is 29.7 Å². The highest BCUT2D eigenvalue weighted by molar-refractivity contribution is 6.30. The summed E-state index contributed by atoms with van der Waals surface area (Å²) in [6, 6.07) is 8.91. The van der Waals surface area contributed by atoms with Crippen LogP contribution in [0, 0.1) is 0 Å². The molecule has 0 saturated carbocycles. The number of nitrogens with one attached hydrogen (secondary N) is 1. The van der Waals surface area contributed by atoms with Crippen LogP contribution in [0.5, 0.6) is 5.75 Å². The molecule has 3 rings (SSSR count). The molecule has 0 radical (unpaired) electrons. The van der Waals surface area contributed by atoms with Gasteiger partial charge in [-0.25, -0.2) is 22.6 Å². The fourth-order valence-electron chi connectivity index (χ4n) is 2.40.